The second kappa shape index (κ2) is 11.2. The molecule has 0 aliphatic carbocycles. The van der Waals surface area contributed by atoms with Gasteiger partial charge in [-0.25, -0.2) is 0 Å². The average Bonchev–Trinajstić information content (AvgIpc) is 3.45. The first-order chi connectivity index (χ1) is 17.8. The molecule has 36 heavy (non-hydrogen) atoms. The molecule has 1 N–H and O–H groups in total. The smallest absolute Gasteiger partial charge is 0.138 e. The molecule has 4 nitrogen and oxygen atoms in total. The third-order valence-electron chi connectivity index (χ3n) is 6.55. The Morgan fingerprint density at radius 1 is 0.694 bits per heavy atom. The molecular weight excluding hydrogens is 444 g/mol. The minimum Gasteiger partial charge on any atom is -0.388 e. The van der Waals surface area contributed by atoms with Crippen LogP contribution in [0.25, 0.3) is 0 Å². The van der Waals surface area contributed by atoms with Gasteiger partial charge in [-0.1, -0.05) is 121 Å². The van der Waals surface area contributed by atoms with E-state index in [1.807, 2.05) is 59.4 Å². The van der Waals surface area contributed by atoms with Crippen LogP contribution in [0.5, 0.6) is 0 Å². The molecule has 1 aromatic heterocycles. The Hall–Kier alpha value is -3.99. The Bertz CT molecular complexity index is 1240. The maximum Gasteiger partial charge on any atom is 0.138 e. The van der Waals surface area contributed by atoms with Crippen LogP contribution in [0.2, 0.25) is 0 Å². The van der Waals surface area contributed by atoms with Crippen LogP contribution in [0.4, 0.5) is 0 Å². The Labute approximate surface area is 212 Å². The standard InChI is InChI=1S/C32H30N2O2/c35-31(21-22-36-25-26-13-5-1-6-14-26)27-23-33-34(24-27)32(28-15-7-2-8-16-28,29-17-9-3-10-18-29)30-19-11-4-12-20-30/h1-20,23-24,31,35H,21-22,25H2. The van der Waals surface area contributed by atoms with Crippen LogP contribution < -0.4 is 0 Å². The summed E-state index contributed by atoms with van der Waals surface area (Å²) in [4.78, 5) is 0. The minimum atomic E-state index is -0.689. The summed E-state index contributed by atoms with van der Waals surface area (Å²) in [7, 11) is 0. The molecule has 5 rings (SSSR count). The Kier molecular flexibility index (Phi) is 7.36. The predicted molar refractivity (Wildman–Crippen MR) is 143 cm³/mol. The lowest BCUT2D eigenvalue weighted by Gasteiger charge is -2.36. The van der Waals surface area contributed by atoms with Crippen LogP contribution >= 0.6 is 0 Å². The molecule has 1 unspecified atom stereocenters. The normalized spacial score (nSPS) is 12.4. The Morgan fingerprint density at radius 2 is 1.17 bits per heavy atom. The fraction of sp³-hybridized carbons (Fsp3) is 0.156. The first-order valence-electron chi connectivity index (χ1n) is 12.3. The molecule has 180 valence electrons. The fourth-order valence-electron chi connectivity index (χ4n) is 4.75. The molecule has 0 saturated heterocycles. The minimum absolute atomic E-state index is 0.461. The van der Waals surface area contributed by atoms with Gasteiger partial charge in [0.15, 0.2) is 0 Å². The van der Waals surface area contributed by atoms with Crippen molar-refractivity contribution in [2.75, 3.05) is 6.61 Å². The molecule has 5 aromatic rings. The zero-order valence-electron chi connectivity index (χ0n) is 20.2. The van der Waals surface area contributed by atoms with Crippen molar-refractivity contribution in [3.05, 3.63) is 162 Å². The average molecular weight is 475 g/mol. The molecule has 4 heteroatoms. The second-order valence-corrected chi connectivity index (χ2v) is 8.87. The highest BCUT2D eigenvalue weighted by Crippen LogP contribution is 2.40. The summed E-state index contributed by atoms with van der Waals surface area (Å²) in [6.45, 7) is 0.994. The van der Waals surface area contributed by atoms with Crippen LogP contribution in [-0.2, 0) is 16.9 Å². The summed E-state index contributed by atoms with van der Waals surface area (Å²) in [5, 5.41) is 15.8. The maximum atomic E-state index is 11.0. The fourth-order valence-corrected chi connectivity index (χ4v) is 4.75. The van der Waals surface area contributed by atoms with Crippen molar-refractivity contribution in [1.29, 1.82) is 0 Å². The topological polar surface area (TPSA) is 47.3 Å². The molecule has 0 saturated carbocycles. The van der Waals surface area contributed by atoms with E-state index >= 15 is 0 Å². The van der Waals surface area contributed by atoms with Crippen LogP contribution in [0.1, 0.15) is 40.3 Å². The van der Waals surface area contributed by atoms with Gasteiger partial charge in [0, 0.05) is 24.8 Å². The van der Waals surface area contributed by atoms with Crippen molar-refractivity contribution in [3.63, 3.8) is 0 Å². The summed E-state index contributed by atoms with van der Waals surface area (Å²) in [5.74, 6) is 0. The van der Waals surface area contributed by atoms with Crippen molar-refractivity contribution in [3.8, 4) is 0 Å². The van der Waals surface area contributed by atoms with E-state index < -0.39 is 11.6 Å². The Morgan fingerprint density at radius 3 is 1.67 bits per heavy atom. The molecule has 4 aromatic carbocycles. The highest BCUT2D eigenvalue weighted by Gasteiger charge is 2.39. The summed E-state index contributed by atoms with van der Waals surface area (Å²) in [5.41, 5.74) is 4.49. The molecule has 1 heterocycles. The lowest BCUT2D eigenvalue weighted by Crippen LogP contribution is -2.38. The number of nitrogens with zero attached hydrogens (tertiary/aromatic N) is 2. The van der Waals surface area contributed by atoms with Crippen LogP contribution in [-0.4, -0.2) is 21.5 Å². The van der Waals surface area contributed by atoms with Crippen molar-refractivity contribution < 1.29 is 9.84 Å². The van der Waals surface area contributed by atoms with Crippen LogP contribution in [0, 0.1) is 0 Å². The van der Waals surface area contributed by atoms with E-state index in [-0.39, 0.29) is 0 Å². The van der Waals surface area contributed by atoms with Crippen LogP contribution in [0.3, 0.4) is 0 Å². The van der Waals surface area contributed by atoms with Gasteiger partial charge in [0.2, 0.25) is 0 Å². The zero-order chi connectivity index (χ0) is 24.6. The van der Waals surface area contributed by atoms with Gasteiger partial charge in [-0.15, -0.1) is 0 Å². The SMILES string of the molecule is OC(CCOCc1ccccc1)c1cnn(C(c2ccccc2)(c2ccccc2)c2ccccc2)c1. The molecule has 1 atom stereocenters. The highest BCUT2D eigenvalue weighted by atomic mass is 16.5. The molecule has 0 aliphatic rings. The van der Waals surface area contributed by atoms with E-state index in [1.54, 1.807) is 6.20 Å². The lowest BCUT2D eigenvalue weighted by molar-refractivity contribution is 0.0732. The van der Waals surface area contributed by atoms with Crippen molar-refractivity contribution in [1.82, 2.24) is 9.78 Å². The molecule has 0 amide bonds. The molecule has 0 aliphatic heterocycles. The Balaban J connectivity index is 1.47. The third-order valence-corrected chi connectivity index (χ3v) is 6.55. The van der Waals surface area contributed by atoms with E-state index in [0.29, 0.717) is 19.6 Å². The van der Waals surface area contributed by atoms with Gasteiger partial charge in [0.1, 0.15) is 5.54 Å². The van der Waals surface area contributed by atoms with Crippen molar-refractivity contribution in [2.45, 2.75) is 24.7 Å². The highest BCUT2D eigenvalue weighted by molar-refractivity contribution is 5.50. The van der Waals surface area contributed by atoms with E-state index in [9.17, 15) is 5.11 Å². The summed E-state index contributed by atoms with van der Waals surface area (Å²) in [6.07, 6.45) is 3.56. The number of aromatic nitrogens is 2. The molecule has 0 spiro atoms. The van der Waals surface area contributed by atoms with Gasteiger partial charge in [-0.2, -0.15) is 5.10 Å². The van der Waals surface area contributed by atoms with E-state index in [2.05, 4.69) is 72.8 Å². The van der Waals surface area contributed by atoms with Gasteiger partial charge in [0.25, 0.3) is 0 Å². The van der Waals surface area contributed by atoms with Gasteiger partial charge in [-0.3, -0.25) is 4.68 Å². The number of ether oxygens (including phenoxy) is 1. The number of aliphatic hydroxyl groups is 1. The second-order valence-electron chi connectivity index (χ2n) is 8.87. The largest absolute Gasteiger partial charge is 0.388 e. The molecule has 0 bridgehead atoms. The van der Waals surface area contributed by atoms with Crippen LogP contribution in [0.15, 0.2) is 134 Å². The molecule has 0 fully saturated rings. The lowest BCUT2D eigenvalue weighted by atomic mass is 9.77. The molecular formula is C32H30N2O2. The van der Waals surface area contributed by atoms with Crippen molar-refractivity contribution in [2.24, 2.45) is 0 Å². The quantitative estimate of drug-likeness (QED) is 0.189. The number of hydrogen-bond donors (Lipinski definition) is 1. The number of hydrogen-bond acceptors (Lipinski definition) is 3. The molecule has 0 radical (unpaired) electrons. The maximum absolute atomic E-state index is 11.0. The number of aliphatic hydroxyl groups excluding tert-OH is 1. The third kappa shape index (κ3) is 4.87. The summed E-state index contributed by atoms with van der Waals surface area (Å²) >= 11 is 0. The first-order valence-corrected chi connectivity index (χ1v) is 12.3. The van der Waals surface area contributed by atoms with E-state index in [4.69, 9.17) is 9.84 Å². The first kappa shape index (κ1) is 23.7. The van der Waals surface area contributed by atoms with E-state index in [0.717, 1.165) is 27.8 Å². The number of rotatable bonds is 10. The monoisotopic (exact) mass is 474 g/mol. The summed E-state index contributed by atoms with van der Waals surface area (Å²) in [6, 6.07) is 41.3. The predicted octanol–water partition coefficient (Wildman–Crippen LogP) is 6.36. The zero-order valence-corrected chi connectivity index (χ0v) is 20.2. The van der Waals surface area contributed by atoms with Gasteiger partial charge in [-0.05, 0) is 22.3 Å². The van der Waals surface area contributed by atoms with E-state index in [1.165, 1.54) is 0 Å². The van der Waals surface area contributed by atoms with Gasteiger partial charge < -0.3 is 9.84 Å². The summed E-state index contributed by atoms with van der Waals surface area (Å²) < 4.78 is 7.79. The van der Waals surface area contributed by atoms with Gasteiger partial charge in [0.05, 0.1) is 18.9 Å². The van der Waals surface area contributed by atoms with Crippen molar-refractivity contribution >= 4 is 0 Å². The van der Waals surface area contributed by atoms with Gasteiger partial charge >= 0.3 is 0 Å². The number of benzene rings is 4.